The summed E-state index contributed by atoms with van der Waals surface area (Å²) in [4.78, 5) is 50.1. The van der Waals surface area contributed by atoms with E-state index in [1.807, 2.05) is 12.1 Å². The van der Waals surface area contributed by atoms with Crippen LogP contribution in [-0.4, -0.2) is 41.2 Å². The zero-order valence-electron chi connectivity index (χ0n) is 16.4. The molecule has 8 nitrogen and oxygen atoms in total. The number of benzene rings is 1. The third-order valence-corrected chi connectivity index (χ3v) is 4.30. The highest BCUT2D eigenvalue weighted by molar-refractivity contribution is 6.08. The number of nitrogens with zero attached hydrogens (tertiary/aromatic N) is 1. The van der Waals surface area contributed by atoms with Crippen LogP contribution in [0.5, 0.6) is 0 Å². The molecular weight excluding hydrogens is 364 g/mol. The molecule has 1 amide bonds. The number of para-hydroxylation sites is 1. The molecule has 1 aromatic heterocycles. The summed E-state index contributed by atoms with van der Waals surface area (Å²) in [5.74, 6) is -2.57. The standard InChI is InChI=1S/C20H24N2O6/c1-5-27-18(25)20(21-13(3)23,19(26)28-6-2)12-15-11-14-9-7-8-10-16(14)22(4)17(15)24/h7-11H,5-6,12H2,1-4H3,(H,21,23). The molecule has 0 saturated heterocycles. The minimum atomic E-state index is -2.15. The number of nitrogens with one attached hydrogen (secondary N) is 1. The minimum absolute atomic E-state index is 0.00466. The van der Waals surface area contributed by atoms with Crippen molar-refractivity contribution in [3.63, 3.8) is 0 Å². The van der Waals surface area contributed by atoms with Gasteiger partial charge in [0.2, 0.25) is 11.4 Å². The molecule has 0 bridgehead atoms. The number of hydrogen-bond donors (Lipinski definition) is 1. The van der Waals surface area contributed by atoms with Crippen molar-refractivity contribution in [2.75, 3.05) is 13.2 Å². The first-order valence-electron chi connectivity index (χ1n) is 8.97. The maximum Gasteiger partial charge on any atom is 0.344 e. The van der Waals surface area contributed by atoms with E-state index in [9.17, 15) is 19.2 Å². The fraction of sp³-hybridized carbons (Fsp3) is 0.400. The smallest absolute Gasteiger partial charge is 0.344 e. The summed E-state index contributed by atoms with van der Waals surface area (Å²) in [5.41, 5.74) is -1.65. The lowest BCUT2D eigenvalue weighted by molar-refractivity contribution is -0.168. The van der Waals surface area contributed by atoms with Gasteiger partial charge in [0.05, 0.1) is 18.7 Å². The van der Waals surface area contributed by atoms with Crippen molar-refractivity contribution in [1.29, 1.82) is 0 Å². The third-order valence-electron chi connectivity index (χ3n) is 4.30. The third kappa shape index (κ3) is 4.05. The van der Waals surface area contributed by atoms with Gasteiger partial charge < -0.3 is 19.4 Å². The summed E-state index contributed by atoms with van der Waals surface area (Å²) in [7, 11) is 1.60. The number of pyridine rings is 1. The van der Waals surface area contributed by atoms with Gasteiger partial charge in [0, 0.05) is 26.0 Å². The fourth-order valence-electron chi connectivity index (χ4n) is 3.08. The lowest BCUT2D eigenvalue weighted by atomic mass is 9.90. The fourth-order valence-corrected chi connectivity index (χ4v) is 3.08. The molecule has 2 aromatic rings. The first-order chi connectivity index (χ1) is 13.3. The topological polar surface area (TPSA) is 104 Å². The maximum atomic E-state index is 12.9. The predicted molar refractivity (Wildman–Crippen MR) is 103 cm³/mol. The Morgan fingerprint density at radius 1 is 1.07 bits per heavy atom. The Bertz CT molecular complexity index is 945. The van der Waals surface area contributed by atoms with Crippen LogP contribution in [-0.2, 0) is 37.3 Å². The SMILES string of the molecule is CCOC(=O)C(Cc1cc2ccccc2n(C)c1=O)(NC(C)=O)C(=O)OCC. The Kier molecular flexibility index (Phi) is 6.56. The first kappa shape index (κ1) is 21.1. The quantitative estimate of drug-likeness (QED) is 0.562. The summed E-state index contributed by atoms with van der Waals surface area (Å²) in [5, 5.41) is 3.12. The Labute approximate surface area is 162 Å². The molecular formula is C20H24N2O6. The molecule has 0 aliphatic heterocycles. The second kappa shape index (κ2) is 8.69. The van der Waals surface area contributed by atoms with Crippen LogP contribution in [0.4, 0.5) is 0 Å². The molecule has 0 saturated carbocycles. The Morgan fingerprint density at radius 2 is 1.64 bits per heavy atom. The van der Waals surface area contributed by atoms with Crippen LogP contribution in [0.15, 0.2) is 35.1 Å². The molecule has 0 aliphatic carbocycles. The Hall–Kier alpha value is -3.16. The number of aromatic nitrogens is 1. The first-order valence-corrected chi connectivity index (χ1v) is 8.97. The van der Waals surface area contributed by atoms with E-state index in [-0.39, 0.29) is 30.8 Å². The average Bonchev–Trinajstić information content (AvgIpc) is 2.65. The van der Waals surface area contributed by atoms with E-state index in [0.717, 1.165) is 5.39 Å². The van der Waals surface area contributed by atoms with Crippen molar-refractivity contribution in [2.45, 2.75) is 32.7 Å². The van der Waals surface area contributed by atoms with Crippen molar-refractivity contribution in [3.8, 4) is 0 Å². The van der Waals surface area contributed by atoms with Crippen LogP contribution in [0.25, 0.3) is 10.9 Å². The highest BCUT2D eigenvalue weighted by Gasteiger charge is 2.50. The zero-order chi connectivity index (χ0) is 20.9. The number of carbonyl (C=O) groups excluding carboxylic acids is 3. The number of amides is 1. The summed E-state index contributed by atoms with van der Waals surface area (Å²) in [6.45, 7) is 4.32. The van der Waals surface area contributed by atoms with Gasteiger partial charge >= 0.3 is 11.9 Å². The van der Waals surface area contributed by atoms with Gasteiger partial charge in [0.15, 0.2) is 0 Å². The molecule has 0 unspecified atom stereocenters. The molecule has 0 spiro atoms. The van der Waals surface area contributed by atoms with Crippen molar-refractivity contribution in [1.82, 2.24) is 9.88 Å². The van der Waals surface area contributed by atoms with Gasteiger partial charge in [0.1, 0.15) is 0 Å². The number of rotatable bonds is 7. The lowest BCUT2D eigenvalue weighted by Gasteiger charge is -2.29. The second-order valence-electron chi connectivity index (χ2n) is 6.30. The molecule has 1 aromatic carbocycles. The van der Waals surface area contributed by atoms with Crippen molar-refractivity contribution in [2.24, 2.45) is 7.05 Å². The van der Waals surface area contributed by atoms with Crippen LogP contribution < -0.4 is 10.9 Å². The van der Waals surface area contributed by atoms with Crippen molar-refractivity contribution >= 4 is 28.7 Å². The molecule has 0 atom stereocenters. The average molecular weight is 388 g/mol. The van der Waals surface area contributed by atoms with E-state index < -0.39 is 23.4 Å². The Morgan fingerprint density at radius 3 is 2.18 bits per heavy atom. The summed E-state index contributed by atoms with van der Waals surface area (Å²) in [6.07, 6.45) is -0.387. The van der Waals surface area contributed by atoms with E-state index in [2.05, 4.69) is 5.32 Å². The van der Waals surface area contributed by atoms with E-state index in [4.69, 9.17) is 9.47 Å². The highest BCUT2D eigenvalue weighted by atomic mass is 16.6. The van der Waals surface area contributed by atoms with Crippen LogP contribution in [0.2, 0.25) is 0 Å². The molecule has 8 heteroatoms. The summed E-state index contributed by atoms with van der Waals surface area (Å²) in [6, 6.07) is 8.83. The molecule has 2 rings (SSSR count). The molecule has 0 fully saturated rings. The lowest BCUT2D eigenvalue weighted by Crippen LogP contribution is -2.63. The summed E-state index contributed by atoms with van der Waals surface area (Å²) >= 11 is 0. The minimum Gasteiger partial charge on any atom is -0.464 e. The number of carbonyl (C=O) groups is 3. The molecule has 150 valence electrons. The van der Waals surface area contributed by atoms with E-state index in [1.165, 1.54) is 11.5 Å². The molecule has 28 heavy (non-hydrogen) atoms. The van der Waals surface area contributed by atoms with Crippen LogP contribution >= 0.6 is 0 Å². The number of ether oxygens (including phenoxy) is 2. The monoisotopic (exact) mass is 388 g/mol. The number of aryl methyl sites for hydroxylation is 1. The van der Waals surface area contributed by atoms with Crippen molar-refractivity contribution < 1.29 is 23.9 Å². The van der Waals surface area contributed by atoms with Crippen molar-refractivity contribution in [3.05, 3.63) is 46.2 Å². The van der Waals surface area contributed by atoms with Gasteiger partial charge in [0.25, 0.3) is 5.56 Å². The van der Waals surface area contributed by atoms with Gasteiger partial charge in [-0.1, -0.05) is 18.2 Å². The van der Waals surface area contributed by atoms with Gasteiger partial charge in [-0.25, -0.2) is 9.59 Å². The normalized spacial score (nSPS) is 11.1. The Balaban J connectivity index is 2.67. The maximum absolute atomic E-state index is 12.9. The van der Waals surface area contributed by atoms with E-state index in [0.29, 0.717) is 5.52 Å². The zero-order valence-corrected chi connectivity index (χ0v) is 16.4. The van der Waals surface area contributed by atoms with E-state index >= 15 is 0 Å². The van der Waals surface area contributed by atoms with Gasteiger partial charge in [-0.15, -0.1) is 0 Å². The van der Waals surface area contributed by atoms with Gasteiger partial charge in [-0.3, -0.25) is 9.59 Å². The van der Waals surface area contributed by atoms with Crippen LogP contribution in [0.3, 0.4) is 0 Å². The molecule has 0 aliphatic rings. The molecule has 1 N–H and O–H groups in total. The molecule has 0 radical (unpaired) electrons. The number of esters is 2. The predicted octanol–water partition coefficient (Wildman–Crippen LogP) is 1.08. The number of hydrogen-bond acceptors (Lipinski definition) is 6. The van der Waals surface area contributed by atoms with Crippen LogP contribution in [0, 0.1) is 0 Å². The summed E-state index contributed by atoms with van der Waals surface area (Å²) < 4.78 is 11.5. The second-order valence-corrected chi connectivity index (χ2v) is 6.30. The van der Waals surface area contributed by atoms with Gasteiger partial charge in [-0.2, -0.15) is 0 Å². The van der Waals surface area contributed by atoms with E-state index in [1.54, 1.807) is 39.1 Å². The highest BCUT2D eigenvalue weighted by Crippen LogP contribution is 2.20. The largest absolute Gasteiger partial charge is 0.464 e. The molecule has 1 heterocycles. The number of fused-ring (bicyclic) bond motifs is 1. The van der Waals surface area contributed by atoms with Crippen LogP contribution in [0.1, 0.15) is 26.3 Å². The van der Waals surface area contributed by atoms with Gasteiger partial charge in [-0.05, 0) is 31.4 Å².